The maximum atomic E-state index is 12.8. The number of sulfonamides is 1. The highest BCUT2D eigenvalue weighted by Crippen LogP contribution is 2.29. The van der Waals surface area contributed by atoms with Crippen molar-refractivity contribution in [2.75, 3.05) is 24.5 Å². The molecule has 1 amide bonds. The topological polar surface area (TPSA) is 57.7 Å². The normalized spacial score (nSPS) is 17.7. The predicted molar refractivity (Wildman–Crippen MR) is 96.3 cm³/mol. The average Bonchev–Trinajstić information content (AvgIpc) is 3.31. The van der Waals surface area contributed by atoms with Crippen molar-refractivity contribution in [2.24, 2.45) is 0 Å². The van der Waals surface area contributed by atoms with E-state index in [1.54, 1.807) is 29.2 Å². The number of anilines is 1. The average molecular weight is 356 g/mol. The highest BCUT2D eigenvalue weighted by molar-refractivity contribution is 7.89. The van der Waals surface area contributed by atoms with Gasteiger partial charge in [0, 0.05) is 30.9 Å². The van der Waals surface area contributed by atoms with Crippen LogP contribution in [0.1, 0.15) is 28.8 Å². The zero-order valence-electron chi connectivity index (χ0n) is 13.9. The van der Waals surface area contributed by atoms with Gasteiger partial charge < -0.3 is 4.90 Å². The molecule has 0 atom stereocenters. The number of amides is 1. The first-order valence-corrected chi connectivity index (χ1v) is 10.0. The lowest BCUT2D eigenvalue weighted by molar-refractivity contribution is 0.0989. The third-order valence-corrected chi connectivity index (χ3v) is 6.85. The first-order chi connectivity index (χ1) is 12.1. The van der Waals surface area contributed by atoms with E-state index in [2.05, 4.69) is 0 Å². The van der Waals surface area contributed by atoms with Gasteiger partial charge in [0.15, 0.2) is 0 Å². The molecule has 0 aromatic heterocycles. The van der Waals surface area contributed by atoms with Crippen LogP contribution in [0.25, 0.3) is 0 Å². The van der Waals surface area contributed by atoms with Gasteiger partial charge in [-0.05, 0) is 55.2 Å². The second-order valence-electron chi connectivity index (χ2n) is 6.47. The number of fused-ring (bicyclic) bond motifs is 1. The molecule has 5 nitrogen and oxygen atoms in total. The zero-order chi connectivity index (χ0) is 17.4. The zero-order valence-corrected chi connectivity index (χ0v) is 14.7. The third kappa shape index (κ3) is 2.85. The molecule has 0 radical (unpaired) electrons. The number of rotatable bonds is 3. The van der Waals surface area contributed by atoms with E-state index in [1.165, 1.54) is 9.87 Å². The van der Waals surface area contributed by atoms with Gasteiger partial charge in [0.25, 0.3) is 5.91 Å². The van der Waals surface area contributed by atoms with Gasteiger partial charge in [0.1, 0.15) is 0 Å². The van der Waals surface area contributed by atoms with Crippen LogP contribution >= 0.6 is 0 Å². The fourth-order valence-electron chi connectivity index (χ4n) is 3.55. The molecule has 1 fully saturated rings. The van der Waals surface area contributed by atoms with E-state index in [0.717, 1.165) is 24.9 Å². The van der Waals surface area contributed by atoms with Crippen molar-refractivity contribution in [1.29, 1.82) is 0 Å². The van der Waals surface area contributed by atoms with Crippen LogP contribution in [0.3, 0.4) is 0 Å². The minimum atomic E-state index is -3.44. The van der Waals surface area contributed by atoms with Crippen LogP contribution in [0.15, 0.2) is 53.4 Å². The smallest absolute Gasteiger partial charge is 0.258 e. The van der Waals surface area contributed by atoms with Crippen molar-refractivity contribution in [3.8, 4) is 0 Å². The fourth-order valence-corrected chi connectivity index (χ4v) is 5.07. The van der Waals surface area contributed by atoms with Crippen LogP contribution in [0.2, 0.25) is 0 Å². The molecule has 0 bridgehead atoms. The van der Waals surface area contributed by atoms with Crippen molar-refractivity contribution < 1.29 is 13.2 Å². The van der Waals surface area contributed by atoms with E-state index < -0.39 is 10.0 Å². The molecule has 130 valence electrons. The summed E-state index contributed by atoms with van der Waals surface area (Å²) in [6.07, 6.45) is 2.66. The molecule has 0 N–H and O–H groups in total. The molecule has 6 heteroatoms. The minimum absolute atomic E-state index is 0.0879. The van der Waals surface area contributed by atoms with Crippen LogP contribution in [0.5, 0.6) is 0 Å². The number of hydrogen-bond acceptors (Lipinski definition) is 3. The van der Waals surface area contributed by atoms with E-state index in [1.807, 2.05) is 24.3 Å². The Morgan fingerprint density at radius 3 is 2.28 bits per heavy atom. The summed E-state index contributed by atoms with van der Waals surface area (Å²) in [4.78, 5) is 14.8. The number of carbonyl (C=O) groups excluding carboxylic acids is 1. The minimum Gasteiger partial charge on any atom is -0.308 e. The van der Waals surface area contributed by atoms with E-state index in [9.17, 15) is 13.2 Å². The van der Waals surface area contributed by atoms with Gasteiger partial charge >= 0.3 is 0 Å². The summed E-state index contributed by atoms with van der Waals surface area (Å²) in [5.41, 5.74) is 2.63. The molecule has 2 aliphatic rings. The van der Waals surface area contributed by atoms with E-state index in [0.29, 0.717) is 25.2 Å². The van der Waals surface area contributed by atoms with Crippen LogP contribution in [-0.2, 0) is 16.4 Å². The fraction of sp³-hybridized carbons (Fsp3) is 0.316. The standard InChI is InChI=1S/C19H20N2O3S/c22-19(21-14-11-15-5-1-2-6-18(15)21)16-7-9-17(10-8-16)25(23,24)20-12-3-4-13-20/h1-2,5-10H,3-4,11-14H2. The van der Waals surface area contributed by atoms with Crippen molar-refractivity contribution >= 4 is 21.6 Å². The lowest BCUT2D eigenvalue weighted by atomic mass is 10.1. The lowest BCUT2D eigenvalue weighted by Crippen LogP contribution is -2.29. The summed E-state index contributed by atoms with van der Waals surface area (Å²) < 4.78 is 26.6. The second-order valence-corrected chi connectivity index (χ2v) is 8.41. The van der Waals surface area contributed by atoms with Gasteiger partial charge in [-0.25, -0.2) is 8.42 Å². The summed E-state index contributed by atoms with van der Waals surface area (Å²) in [5, 5.41) is 0. The van der Waals surface area contributed by atoms with E-state index in [4.69, 9.17) is 0 Å². The Hall–Kier alpha value is -2.18. The molecule has 2 heterocycles. The monoisotopic (exact) mass is 356 g/mol. The number of carbonyl (C=O) groups is 1. The first-order valence-electron chi connectivity index (χ1n) is 8.57. The molecule has 4 rings (SSSR count). The van der Waals surface area contributed by atoms with Gasteiger partial charge in [0.05, 0.1) is 4.90 Å². The lowest BCUT2D eigenvalue weighted by Gasteiger charge is -2.18. The van der Waals surface area contributed by atoms with Gasteiger partial charge in [0.2, 0.25) is 10.0 Å². The van der Waals surface area contributed by atoms with Crippen molar-refractivity contribution in [2.45, 2.75) is 24.2 Å². The second kappa shape index (κ2) is 6.28. The number of nitrogens with zero attached hydrogens (tertiary/aromatic N) is 2. The Bertz CT molecular complexity index is 901. The van der Waals surface area contributed by atoms with E-state index >= 15 is 0 Å². The van der Waals surface area contributed by atoms with Crippen molar-refractivity contribution in [3.05, 3.63) is 59.7 Å². The molecule has 2 aromatic carbocycles. The quantitative estimate of drug-likeness (QED) is 0.850. The molecule has 25 heavy (non-hydrogen) atoms. The highest BCUT2D eigenvalue weighted by Gasteiger charge is 2.28. The van der Waals surface area contributed by atoms with Gasteiger partial charge in [-0.1, -0.05) is 18.2 Å². The predicted octanol–water partition coefficient (Wildman–Crippen LogP) is 2.67. The number of benzene rings is 2. The van der Waals surface area contributed by atoms with Crippen LogP contribution < -0.4 is 4.90 Å². The molecule has 0 unspecified atom stereocenters. The molecular formula is C19H20N2O3S. The number of para-hydroxylation sites is 1. The maximum Gasteiger partial charge on any atom is 0.258 e. The summed E-state index contributed by atoms with van der Waals surface area (Å²) in [7, 11) is -3.44. The van der Waals surface area contributed by atoms with Crippen molar-refractivity contribution in [3.63, 3.8) is 0 Å². The molecule has 0 aliphatic carbocycles. The Morgan fingerprint density at radius 1 is 0.880 bits per heavy atom. The van der Waals surface area contributed by atoms with Crippen molar-refractivity contribution in [1.82, 2.24) is 4.31 Å². The molecule has 1 saturated heterocycles. The van der Waals surface area contributed by atoms with Crippen LogP contribution in [0, 0.1) is 0 Å². The Morgan fingerprint density at radius 2 is 1.56 bits per heavy atom. The number of hydrogen-bond donors (Lipinski definition) is 0. The van der Waals surface area contributed by atoms with Crippen LogP contribution in [0.4, 0.5) is 5.69 Å². The summed E-state index contributed by atoms with van der Waals surface area (Å²) in [6, 6.07) is 14.2. The largest absolute Gasteiger partial charge is 0.308 e. The van der Waals surface area contributed by atoms with Gasteiger partial charge in [-0.2, -0.15) is 4.31 Å². The molecule has 0 saturated carbocycles. The Labute approximate surface area is 147 Å². The van der Waals surface area contributed by atoms with Gasteiger partial charge in [-0.15, -0.1) is 0 Å². The Balaban J connectivity index is 1.58. The molecular weight excluding hydrogens is 336 g/mol. The molecule has 0 spiro atoms. The molecule has 2 aliphatic heterocycles. The summed E-state index contributed by atoms with van der Waals surface area (Å²) >= 11 is 0. The molecule has 2 aromatic rings. The first kappa shape index (κ1) is 16.3. The summed E-state index contributed by atoms with van der Waals surface area (Å²) in [5.74, 6) is -0.0879. The third-order valence-electron chi connectivity index (χ3n) is 4.94. The Kier molecular flexibility index (Phi) is 4.09. The summed E-state index contributed by atoms with van der Waals surface area (Å²) in [6.45, 7) is 1.81. The van der Waals surface area contributed by atoms with Gasteiger partial charge in [-0.3, -0.25) is 4.79 Å². The maximum absolute atomic E-state index is 12.8. The van der Waals surface area contributed by atoms with Crippen LogP contribution in [-0.4, -0.2) is 38.3 Å². The van der Waals surface area contributed by atoms with E-state index in [-0.39, 0.29) is 10.8 Å². The SMILES string of the molecule is O=C(c1ccc(S(=O)(=O)N2CCCC2)cc1)N1CCc2ccccc21. The highest BCUT2D eigenvalue weighted by atomic mass is 32.2.